The molecule has 116 valence electrons. The monoisotopic (exact) mass is 318 g/mol. The Morgan fingerprint density at radius 1 is 1.33 bits per heavy atom. The van der Waals surface area contributed by atoms with Gasteiger partial charge >= 0.3 is 5.97 Å². The Labute approximate surface area is 120 Å². The molecule has 0 heterocycles. The smallest absolute Gasteiger partial charge is 0.329 e. The number of non-ortho nitro benzene ring substituents is 1. The van der Waals surface area contributed by atoms with Gasteiger partial charge in [0.25, 0.3) is 5.69 Å². The maximum atomic E-state index is 11.7. The summed E-state index contributed by atoms with van der Waals surface area (Å²) in [6.07, 6.45) is 0. The van der Waals surface area contributed by atoms with E-state index in [9.17, 15) is 23.3 Å². The summed E-state index contributed by atoms with van der Waals surface area (Å²) in [4.78, 5) is 20.1. The van der Waals surface area contributed by atoms with Crippen molar-refractivity contribution < 1.29 is 28.0 Å². The van der Waals surface area contributed by atoms with Crippen LogP contribution in [-0.4, -0.2) is 44.2 Å². The highest BCUT2D eigenvalue weighted by Crippen LogP contribution is 2.13. The third-order valence-corrected chi connectivity index (χ3v) is 3.66. The molecule has 1 aromatic carbocycles. The highest BCUT2D eigenvalue weighted by molar-refractivity contribution is 7.88. The molecule has 10 heteroatoms. The summed E-state index contributed by atoms with van der Waals surface area (Å²) in [7, 11) is -3.62. The molecule has 9 nitrogen and oxygen atoms in total. The number of hydrogen-bond acceptors (Lipinski definition) is 6. The molecule has 0 aliphatic carbocycles. The van der Waals surface area contributed by atoms with E-state index in [0.717, 1.165) is 0 Å². The van der Waals surface area contributed by atoms with E-state index in [4.69, 9.17) is 5.11 Å². The van der Waals surface area contributed by atoms with Crippen molar-refractivity contribution in [3.63, 3.8) is 0 Å². The number of nitro groups is 1. The van der Waals surface area contributed by atoms with Gasteiger partial charge in [0.05, 0.1) is 17.3 Å². The summed E-state index contributed by atoms with van der Waals surface area (Å²) in [5, 5.41) is 18.8. The zero-order valence-electron chi connectivity index (χ0n) is 10.9. The highest BCUT2D eigenvalue weighted by Gasteiger charge is 2.12. The molecule has 0 atom stereocenters. The van der Waals surface area contributed by atoms with E-state index < -0.39 is 27.5 Å². The number of benzene rings is 1. The van der Waals surface area contributed by atoms with Crippen molar-refractivity contribution in [2.45, 2.75) is 5.75 Å². The standard InChI is InChI=1S/C11H14N2O7S/c14-11(15)7-20-6-5-12-21(18,19)8-9-1-3-10(4-2-9)13(16)17/h1-4,12H,5-8H2,(H,14,15). The Morgan fingerprint density at radius 2 is 1.95 bits per heavy atom. The minimum Gasteiger partial charge on any atom is -0.480 e. The molecule has 0 saturated carbocycles. The third-order valence-electron chi connectivity index (χ3n) is 2.30. The number of ether oxygens (including phenoxy) is 1. The van der Waals surface area contributed by atoms with Crippen LogP contribution in [0.1, 0.15) is 5.56 Å². The topological polar surface area (TPSA) is 136 Å². The van der Waals surface area contributed by atoms with E-state index in [-0.39, 0.29) is 24.6 Å². The fourth-order valence-electron chi connectivity index (χ4n) is 1.41. The molecule has 0 radical (unpaired) electrons. The lowest BCUT2D eigenvalue weighted by atomic mass is 10.2. The van der Waals surface area contributed by atoms with Crippen LogP contribution in [0.5, 0.6) is 0 Å². The van der Waals surface area contributed by atoms with E-state index in [2.05, 4.69) is 9.46 Å². The number of nitrogens with one attached hydrogen (secondary N) is 1. The first-order chi connectivity index (χ1) is 9.80. The minimum atomic E-state index is -3.62. The number of carboxylic acids is 1. The summed E-state index contributed by atoms with van der Waals surface area (Å²) in [5.74, 6) is -1.46. The summed E-state index contributed by atoms with van der Waals surface area (Å²) in [6, 6.07) is 5.16. The van der Waals surface area contributed by atoms with Gasteiger partial charge in [0.15, 0.2) is 0 Å². The molecular formula is C11H14N2O7S. The van der Waals surface area contributed by atoms with Crippen LogP contribution >= 0.6 is 0 Å². The molecule has 2 N–H and O–H groups in total. The average molecular weight is 318 g/mol. The van der Waals surface area contributed by atoms with Crippen molar-refractivity contribution in [3.8, 4) is 0 Å². The SMILES string of the molecule is O=C(O)COCCNS(=O)(=O)Cc1ccc([N+](=O)[O-])cc1. The van der Waals surface area contributed by atoms with Gasteiger partial charge in [-0.2, -0.15) is 0 Å². The molecule has 0 aromatic heterocycles. The number of rotatable bonds is 9. The van der Waals surface area contributed by atoms with Gasteiger partial charge in [-0.15, -0.1) is 0 Å². The van der Waals surface area contributed by atoms with Crippen LogP contribution in [0.2, 0.25) is 0 Å². The lowest BCUT2D eigenvalue weighted by molar-refractivity contribution is -0.384. The van der Waals surface area contributed by atoms with Crippen LogP contribution in [0, 0.1) is 10.1 Å². The minimum absolute atomic E-state index is 0.0530. The van der Waals surface area contributed by atoms with Crippen LogP contribution in [0.3, 0.4) is 0 Å². The number of nitrogens with zero attached hydrogens (tertiary/aromatic N) is 1. The molecular weight excluding hydrogens is 304 g/mol. The Bertz CT molecular complexity index is 598. The van der Waals surface area contributed by atoms with Crippen LogP contribution in [0.15, 0.2) is 24.3 Å². The Kier molecular flexibility index (Phi) is 6.21. The van der Waals surface area contributed by atoms with E-state index in [1.54, 1.807) is 0 Å². The maximum absolute atomic E-state index is 11.7. The zero-order chi connectivity index (χ0) is 15.9. The summed E-state index contributed by atoms with van der Waals surface area (Å²) in [5.41, 5.74) is 0.283. The number of hydrogen-bond donors (Lipinski definition) is 2. The van der Waals surface area contributed by atoms with Gasteiger partial charge < -0.3 is 9.84 Å². The largest absolute Gasteiger partial charge is 0.480 e. The van der Waals surface area contributed by atoms with E-state index >= 15 is 0 Å². The van der Waals surface area contributed by atoms with Crippen LogP contribution in [0.4, 0.5) is 5.69 Å². The van der Waals surface area contributed by atoms with Crippen LogP contribution < -0.4 is 4.72 Å². The van der Waals surface area contributed by atoms with Crippen LogP contribution in [-0.2, 0) is 25.3 Å². The molecule has 0 aliphatic heterocycles. The second kappa shape index (κ2) is 7.67. The van der Waals surface area contributed by atoms with Crippen molar-refractivity contribution >= 4 is 21.7 Å². The second-order valence-corrected chi connectivity index (χ2v) is 5.83. The molecule has 0 amide bonds. The fraction of sp³-hybridized carbons (Fsp3) is 0.364. The number of carbonyl (C=O) groups is 1. The van der Waals surface area contributed by atoms with Crippen molar-refractivity contribution in [1.82, 2.24) is 4.72 Å². The first-order valence-electron chi connectivity index (χ1n) is 5.80. The molecule has 1 rings (SSSR count). The predicted molar refractivity (Wildman–Crippen MR) is 72.2 cm³/mol. The molecule has 0 unspecified atom stereocenters. The molecule has 0 aliphatic rings. The van der Waals surface area contributed by atoms with Gasteiger partial charge in [-0.25, -0.2) is 17.9 Å². The molecule has 0 saturated heterocycles. The number of nitro benzene ring substituents is 1. The van der Waals surface area contributed by atoms with Gasteiger partial charge in [-0.05, 0) is 5.56 Å². The zero-order valence-corrected chi connectivity index (χ0v) is 11.7. The number of carboxylic acid groups (broad SMARTS) is 1. The van der Waals surface area contributed by atoms with Gasteiger partial charge in [0, 0.05) is 18.7 Å². The maximum Gasteiger partial charge on any atom is 0.329 e. The van der Waals surface area contributed by atoms with E-state index in [0.29, 0.717) is 5.56 Å². The molecule has 21 heavy (non-hydrogen) atoms. The lowest BCUT2D eigenvalue weighted by Crippen LogP contribution is -2.29. The first kappa shape index (κ1) is 17.0. The third kappa shape index (κ3) is 6.79. The fourth-order valence-corrected chi connectivity index (χ4v) is 2.54. The summed E-state index contributed by atoms with van der Waals surface area (Å²) in [6.45, 7) is -0.613. The first-order valence-corrected chi connectivity index (χ1v) is 7.45. The van der Waals surface area contributed by atoms with Gasteiger partial charge in [0.2, 0.25) is 10.0 Å². The Balaban J connectivity index is 2.44. The van der Waals surface area contributed by atoms with Crippen molar-refractivity contribution in [1.29, 1.82) is 0 Å². The van der Waals surface area contributed by atoms with Crippen molar-refractivity contribution in [3.05, 3.63) is 39.9 Å². The average Bonchev–Trinajstić information content (AvgIpc) is 2.38. The van der Waals surface area contributed by atoms with E-state index in [1.165, 1.54) is 24.3 Å². The molecule has 0 fully saturated rings. The van der Waals surface area contributed by atoms with Crippen molar-refractivity contribution in [2.24, 2.45) is 0 Å². The normalized spacial score (nSPS) is 11.2. The van der Waals surface area contributed by atoms with E-state index in [1.807, 2.05) is 0 Å². The Morgan fingerprint density at radius 3 is 2.48 bits per heavy atom. The number of sulfonamides is 1. The van der Waals surface area contributed by atoms with Gasteiger partial charge in [-0.1, -0.05) is 12.1 Å². The quantitative estimate of drug-likeness (QED) is 0.375. The number of aliphatic carboxylic acids is 1. The van der Waals surface area contributed by atoms with Crippen LogP contribution in [0.25, 0.3) is 0 Å². The molecule has 0 bridgehead atoms. The summed E-state index contributed by atoms with van der Waals surface area (Å²) >= 11 is 0. The van der Waals surface area contributed by atoms with Gasteiger partial charge in [0.1, 0.15) is 6.61 Å². The predicted octanol–water partition coefficient (Wildman–Crippen LogP) is 0.115. The molecule has 1 aromatic rings. The van der Waals surface area contributed by atoms with Gasteiger partial charge in [-0.3, -0.25) is 10.1 Å². The lowest BCUT2D eigenvalue weighted by Gasteiger charge is -2.06. The summed E-state index contributed by atoms with van der Waals surface area (Å²) < 4.78 is 30.3. The Hall–Kier alpha value is -2.04. The van der Waals surface area contributed by atoms with Crippen molar-refractivity contribution in [2.75, 3.05) is 19.8 Å². The highest BCUT2D eigenvalue weighted by atomic mass is 32.2. The molecule has 0 spiro atoms. The second-order valence-electron chi connectivity index (χ2n) is 4.02.